The highest BCUT2D eigenvalue weighted by atomic mass is 32.2. The van der Waals surface area contributed by atoms with E-state index in [2.05, 4.69) is 53.0 Å². The molecule has 11 rings (SSSR count). The Kier molecular flexibility index (Phi) is 47.2. The first-order valence-corrected chi connectivity index (χ1v) is 58.2. The number of nitrogens with zero attached hydrogens (tertiary/aromatic N) is 5. The number of unbranched alkanes of at least 4 members (excludes halogenated alkanes) is 8. The van der Waals surface area contributed by atoms with Gasteiger partial charge in [0.15, 0.2) is 24.0 Å². The fourth-order valence-corrected chi connectivity index (χ4v) is 21.9. The summed E-state index contributed by atoms with van der Waals surface area (Å²) in [6.45, 7) is 17.9. The molecule has 14 N–H and O–H groups in total. The van der Waals surface area contributed by atoms with E-state index in [0.717, 1.165) is 121 Å². The van der Waals surface area contributed by atoms with Crippen LogP contribution in [-0.2, 0) is 128 Å². The van der Waals surface area contributed by atoms with Crippen LogP contribution in [0.3, 0.4) is 0 Å². The molecule has 2 amide bonds. The number of aryl methyl sites for hydroxylation is 1. The number of aliphatic hydroxyl groups is 8. The molecule has 0 aliphatic carbocycles. The Labute approximate surface area is 868 Å². The molecule has 47 heteroatoms. The van der Waals surface area contributed by atoms with E-state index in [0.29, 0.717) is 112 Å². The van der Waals surface area contributed by atoms with Gasteiger partial charge in [-0.1, -0.05) is 139 Å². The molecule has 4 aromatic rings. The van der Waals surface area contributed by atoms with Gasteiger partial charge in [0.25, 0.3) is 52.3 Å². The number of hydrogen-bond donors (Lipinski definition) is 13. The summed E-state index contributed by atoms with van der Waals surface area (Å²) in [6, 6.07) is 23.1. The highest BCUT2D eigenvalue weighted by molar-refractivity contribution is 7.86. The number of nitrogens with two attached hydrogens (primary N) is 1. The first-order valence-electron chi connectivity index (χ1n) is 49.6. The standard InChI is InChI=1S/C48H68N2O16S3.C43H55N3O10S2.C10H21NO6.O3S/c1-47(2)37-31-36(69(62,63)64)23-24-39(37)50(27-16-30-68(59,60)61)41(47)21-9-4-10-22-42-48(3,32-34-17-11-12-20-38(34)49(42)26-15-29-67(56,57)58)25-13-5-7-18-35(52)19-8-6-14-28-65-46-45(55)44(54)43(53)40(33-51)66-46;1-6-7-25-45-36-21-19-33(58(53,54)55)29-34(36)42(3,4)37(45)15-10-8-11-16-38-43(5,24-13-9-12-17-41(49)56-46-39(47)22-23-40(46)48)30-32-28-31(2)18-20-35(32)44(38)26-14-27-57(50,51)52;11-3-1-2-4-16-10-9(15)8(14)7(13)6(5-12)17-10;1-4(2)3/h4,9-12,17,20-24,31,40,43-46,51,53-55H,5-8,13-16,18-19,25-30,32-33H2,1-3H3,(H2-,56,57,58,59,60,61,62,63,64);8,10-11,15-16,18-21,28-29H,6-7,9,12-14,17,22-27,30H2,1-5H3,(H-,50,51,52,53,54,55);6-10,12-15H,1-5,11H2;/p+1/t40-,43-,44+,45+,46+,48?;;6-,7-,8+,9+,10+;/m1.1./s1. The number of para-hydroxylation sites is 1. The number of anilines is 2. The minimum Gasteiger partial charge on any atom is -0.748 e. The molecule has 0 saturated carbocycles. The quantitative estimate of drug-likeness (QED) is 0.00649. The Balaban J connectivity index is 0.000000304. The number of ether oxygens (including phenoxy) is 4. The van der Waals surface area contributed by atoms with Crippen LogP contribution >= 0.6 is 0 Å². The summed E-state index contributed by atoms with van der Waals surface area (Å²) < 4.78 is 219. The van der Waals surface area contributed by atoms with Crippen LogP contribution in [-0.4, -0.2) is 305 Å². The van der Waals surface area contributed by atoms with Crippen LogP contribution in [0.25, 0.3) is 0 Å². The molecule has 3 fully saturated rings. The van der Waals surface area contributed by atoms with Crippen molar-refractivity contribution in [2.45, 2.75) is 298 Å². The summed E-state index contributed by atoms with van der Waals surface area (Å²) in [7, 11) is -24.9. The topological polar surface area (TPSA) is 644 Å². The number of benzene rings is 4. The fourth-order valence-electron chi connectivity index (χ4n) is 19.4. The molecule has 0 radical (unpaired) electrons. The van der Waals surface area contributed by atoms with E-state index in [-0.39, 0.29) is 73.0 Å². The molecular weight excluding hydrogens is 2050 g/mol. The lowest BCUT2D eigenvalue weighted by Gasteiger charge is -2.39. The molecule has 0 aromatic heterocycles. The van der Waals surface area contributed by atoms with Crippen molar-refractivity contribution in [1.29, 1.82) is 0 Å². The molecule has 7 aliphatic rings. The smallest absolute Gasteiger partial charge is 0.425 e. The van der Waals surface area contributed by atoms with Crippen molar-refractivity contribution >= 4 is 119 Å². The Hall–Kier alpha value is -8.81. The fraction of sp³-hybridized carbons (Fsp3) is 0.584. The lowest BCUT2D eigenvalue weighted by Crippen LogP contribution is -2.59. The van der Waals surface area contributed by atoms with Gasteiger partial charge in [0.05, 0.1) is 55.5 Å². The van der Waals surface area contributed by atoms with Crippen LogP contribution in [0.2, 0.25) is 0 Å². The molecule has 7 aliphatic heterocycles. The summed E-state index contributed by atoms with van der Waals surface area (Å²) in [5, 5.41) is 77.5. The van der Waals surface area contributed by atoms with Crippen LogP contribution in [0.15, 0.2) is 161 Å². The SMILES string of the molecule is CC1(CCCCCC(=O)CCCCCO[C@H]2O[C@H](CO)[C@@H](O)[C@H](O)[C@@H]2O)Cc2ccccc2[N+](CCCS(=O)(=O)O)=C1C=CC=CC=C1N(CCCS(=O)(=O)[O-])c2ccc(S(=O)(=O)O)cc2C1(C)C.CCCCN1C(=CC=CC=CC2=[N+](CCCS(=O)(=O)O)c3ccc(C)cc3CC2(C)CCCCCC(=O)ON2C(=O)CCC2=O)C(C)(C)c2cc(S(=O)(=O)O)ccc21.NCCCCO[C@H]1O[C@H](CO)[C@@H](O)[C@H](O)[C@@H]1O.O=S(=O)=O. The van der Waals surface area contributed by atoms with Gasteiger partial charge < -0.3 is 84.7 Å². The molecule has 3 saturated heterocycles. The average Bonchev–Trinajstić information content (AvgIpc) is 1.71. The lowest BCUT2D eigenvalue weighted by atomic mass is 9.72. The van der Waals surface area contributed by atoms with Gasteiger partial charge in [0.2, 0.25) is 11.4 Å². The second kappa shape index (κ2) is 56.2. The number of rotatable bonds is 50. The number of fused-ring (bicyclic) bond motifs is 4. The van der Waals surface area contributed by atoms with Crippen LogP contribution in [0.4, 0.5) is 22.7 Å². The minimum absolute atomic E-state index is 0.0161. The number of ketones is 1. The zero-order valence-electron chi connectivity index (χ0n) is 84.7. The normalized spacial score (nSPS) is 24.0. The average molecular weight is 2200 g/mol. The van der Waals surface area contributed by atoms with Gasteiger partial charge in [-0.05, 0) is 170 Å². The second-order valence-corrected chi connectivity index (χ2v) is 47.3. The van der Waals surface area contributed by atoms with Crippen LogP contribution in [0, 0.1) is 17.8 Å². The minimum atomic E-state index is -4.52. The number of imide groups is 1. The number of hydroxylamine groups is 2. The first-order chi connectivity index (χ1) is 69.5. The maximum atomic E-state index is 12.8. The number of carbonyl (C=O) groups is 4. The first kappa shape index (κ1) is 124. The number of amides is 2. The van der Waals surface area contributed by atoms with Crippen molar-refractivity contribution < 1.29 is 170 Å². The maximum Gasteiger partial charge on any atom is 0.425 e. The van der Waals surface area contributed by atoms with Crippen molar-refractivity contribution in [3.05, 3.63) is 179 Å². The van der Waals surface area contributed by atoms with Gasteiger partial charge in [-0.2, -0.15) is 42.8 Å². The van der Waals surface area contributed by atoms with E-state index in [1.807, 2.05) is 118 Å². The third-order valence-corrected chi connectivity index (χ3v) is 31.2. The summed E-state index contributed by atoms with van der Waals surface area (Å²) in [5.41, 5.74) is 14.9. The van der Waals surface area contributed by atoms with Gasteiger partial charge in [-0.3, -0.25) is 32.6 Å². The summed E-state index contributed by atoms with van der Waals surface area (Å²) in [6.07, 6.45) is 20.3. The highest BCUT2D eigenvalue weighted by Crippen LogP contribution is 2.51. The zero-order valence-corrected chi connectivity index (χ0v) is 89.6. The molecule has 148 heavy (non-hydrogen) atoms. The summed E-state index contributed by atoms with van der Waals surface area (Å²) in [4.78, 5) is 57.6. The molecule has 41 nitrogen and oxygen atoms in total. The Morgan fingerprint density at radius 1 is 0.507 bits per heavy atom. The van der Waals surface area contributed by atoms with Gasteiger partial charge in [-0.25, -0.2) is 13.2 Å². The lowest BCUT2D eigenvalue weighted by molar-refractivity contribution is -0.447. The van der Waals surface area contributed by atoms with Crippen molar-refractivity contribution in [3.8, 4) is 0 Å². The van der Waals surface area contributed by atoms with Gasteiger partial charge in [0, 0.05) is 146 Å². The van der Waals surface area contributed by atoms with E-state index in [9.17, 15) is 120 Å². The van der Waals surface area contributed by atoms with Crippen molar-refractivity contribution in [2.75, 3.05) is 86.2 Å². The predicted octanol–water partition coefficient (Wildman–Crippen LogP) is 8.34. The zero-order chi connectivity index (χ0) is 110. The molecule has 4 aromatic carbocycles. The van der Waals surface area contributed by atoms with Gasteiger partial charge >= 0.3 is 16.6 Å². The molecule has 2 unspecified atom stereocenters. The molecule has 7 heterocycles. The van der Waals surface area contributed by atoms with Crippen LogP contribution in [0.5, 0.6) is 0 Å². The Morgan fingerprint density at radius 3 is 1.36 bits per heavy atom. The van der Waals surface area contributed by atoms with Crippen molar-refractivity contribution in [1.82, 2.24) is 5.06 Å². The van der Waals surface area contributed by atoms with Gasteiger partial charge in [0.1, 0.15) is 67.7 Å². The Bertz CT molecular complexity index is 6220. The third-order valence-electron chi connectivity index (χ3n) is 27.1. The number of carbonyl (C=O) groups excluding carboxylic acids is 4. The maximum absolute atomic E-state index is 12.8. The number of hydrogen-bond acceptors (Lipinski definition) is 34. The van der Waals surface area contributed by atoms with Crippen LogP contribution in [0.1, 0.15) is 224 Å². The van der Waals surface area contributed by atoms with E-state index in [4.69, 9.17) is 47.3 Å². The summed E-state index contributed by atoms with van der Waals surface area (Å²) >= 11 is 0. The number of Topliss-reactive ketones (excluding diaryl/α,β-unsaturated/α-hetero) is 1. The molecule has 0 spiro atoms. The van der Waals surface area contributed by atoms with Gasteiger partial charge in [-0.15, -0.1) is 17.7 Å². The van der Waals surface area contributed by atoms with Crippen molar-refractivity contribution in [2.24, 2.45) is 16.6 Å². The molecule has 824 valence electrons. The number of aliphatic hydroxyl groups excluding tert-OH is 8. The Morgan fingerprint density at radius 2 is 0.932 bits per heavy atom. The summed E-state index contributed by atoms with van der Waals surface area (Å²) in [5.74, 6) is -2.89. The molecular formula is C101H145N6O35S6+. The van der Waals surface area contributed by atoms with E-state index in [1.54, 1.807) is 24.3 Å². The second-order valence-electron chi connectivity index (χ2n) is 39.4. The molecule has 0 bridgehead atoms. The van der Waals surface area contributed by atoms with E-state index < -0.39 is 187 Å². The molecule has 12 atom stereocenters. The third kappa shape index (κ3) is 35.9. The van der Waals surface area contributed by atoms with Crippen molar-refractivity contribution in [3.63, 3.8) is 0 Å². The van der Waals surface area contributed by atoms with E-state index in [1.165, 1.54) is 18.2 Å². The highest BCUT2D eigenvalue weighted by Gasteiger charge is 2.49. The predicted molar refractivity (Wildman–Crippen MR) is 547 cm³/mol. The monoisotopic (exact) mass is 2190 g/mol. The largest absolute Gasteiger partial charge is 0.748 e. The van der Waals surface area contributed by atoms with Crippen LogP contribution < -0.4 is 15.5 Å². The van der Waals surface area contributed by atoms with E-state index >= 15 is 0 Å². The number of allylic oxidation sites excluding steroid dienone is 12.